The number of aromatic hydroxyl groups is 2. The number of hydrogen-bond acceptors (Lipinski definition) is 5. The molecule has 2 rings (SSSR count). The molecule has 5 nitrogen and oxygen atoms in total. The first-order valence-electron chi connectivity index (χ1n) is 6.69. The van der Waals surface area contributed by atoms with E-state index in [1.807, 2.05) is 30.3 Å². The highest BCUT2D eigenvalue weighted by Crippen LogP contribution is 2.38. The number of phenolic OH excluding ortho intramolecular Hbond substituents is 2. The number of benzene rings is 2. The Hall–Kier alpha value is -2.82. The number of ketones is 2. The maximum absolute atomic E-state index is 11.8. The summed E-state index contributed by atoms with van der Waals surface area (Å²) in [7, 11) is 0. The van der Waals surface area contributed by atoms with Crippen molar-refractivity contribution in [1.82, 2.24) is 0 Å². The van der Waals surface area contributed by atoms with Gasteiger partial charge in [-0.25, -0.2) is 0 Å². The highest BCUT2D eigenvalue weighted by atomic mass is 16.5. The van der Waals surface area contributed by atoms with E-state index in [1.54, 1.807) is 0 Å². The summed E-state index contributed by atoms with van der Waals surface area (Å²) in [6.45, 7) is 2.62. The van der Waals surface area contributed by atoms with Gasteiger partial charge in [-0.2, -0.15) is 0 Å². The minimum Gasteiger partial charge on any atom is -0.507 e. The minimum absolute atomic E-state index is 0.0383. The Kier molecular flexibility index (Phi) is 4.46. The zero-order chi connectivity index (χ0) is 16.3. The average Bonchev–Trinajstić information content (AvgIpc) is 2.44. The molecule has 0 atom stereocenters. The van der Waals surface area contributed by atoms with Crippen LogP contribution in [0.25, 0.3) is 0 Å². The van der Waals surface area contributed by atoms with Crippen LogP contribution in [0.4, 0.5) is 0 Å². The van der Waals surface area contributed by atoms with Gasteiger partial charge in [0.05, 0.1) is 0 Å². The Labute approximate surface area is 127 Å². The second-order valence-corrected chi connectivity index (χ2v) is 4.88. The number of Topliss-reactive ketones (excluding diaryl/α,β-unsaturated/α-hetero) is 2. The zero-order valence-corrected chi connectivity index (χ0v) is 12.3. The van der Waals surface area contributed by atoms with Crippen molar-refractivity contribution in [2.45, 2.75) is 20.5 Å². The van der Waals surface area contributed by atoms with Crippen LogP contribution in [0.2, 0.25) is 0 Å². The van der Waals surface area contributed by atoms with Gasteiger partial charge < -0.3 is 14.9 Å². The van der Waals surface area contributed by atoms with Crippen LogP contribution < -0.4 is 4.74 Å². The van der Waals surface area contributed by atoms with E-state index in [-0.39, 0.29) is 23.5 Å². The largest absolute Gasteiger partial charge is 0.507 e. The summed E-state index contributed by atoms with van der Waals surface area (Å²) in [6.07, 6.45) is 0. The molecule has 2 aromatic carbocycles. The maximum Gasteiger partial charge on any atom is 0.167 e. The van der Waals surface area contributed by atoms with Gasteiger partial charge in [-0.3, -0.25) is 9.59 Å². The van der Waals surface area contributed by atoms with Crippen LogP contribution in [0.15, 0.2) is 36.4 Å². The molecule has 2 aromatic rings. The molecule has 0 spiro atoms. The number of carbonyl (C=O) groups is 2. The third-order valence-electron chi connectivity index (χ3n) is 3.19. The van der Waals surface area contributed by atoms with Gasteiger partial charge in [0.2, 0.25) is 0 Å². The predicted octanol–water partition coefficient (Wildman–Crippen LogP) is 3.08. The maximum atomic E-state index is 11.8. The summed E-state index contributed by atoms with van der Waals surface area (Å²) in [4.78, 5) is 23.2. The Morgan fingerprint density at radius 2 is 1.59 bits per heavy atom. The lowest BCUT2D eigenvalue weighted by Crippen LogP contribution is -2.05. The standard InChI is InChI=1S/C17H16O5/c1-10(18)15-13(20)8-14(16(11(2)19)17(15)21)22-9-12-6-4-3-5-7-12/h3-8,20-21H,9H2,1-2H3. The van der Waals surface area contributed by atoms with E-state index in [9.17, 15) is 19.8 Å². The van der Waals surface area contributed by atoms with E-state index in [0.717, 1.165) is 5.56 Å². The summed E-state index contributed by atoms with van der Waals surface area (Å²) in [6, 6.07) is 10.4. The Bertz CT molecular complexity index is 720. The highest BCUT2D eigenvalue weighted by molar-refractivity contribution is 6.07. The summed E-state index contributed by atoms with van der Waals surface area (Å²) >= 11 is 0. The minimum atomic E-state index is -0.553. The number of hydrogen-bond donors (Lipinski definition) is 2. The van der Waals surface area contributed by atoms with E-state index in [1.165, 1.54) is 19.9 Å². The van der Waals surface area contributed by atoms with E-state index >= 15 is 0 Å². The Balaban J connectivity index is 2.43. The van der Waals surface area contributed by atoms with Gasteiger partial charge >= 0.3 is 0 Å². The fourth-order valence-electron chi connectivity index (χ4n) is 2.17. The van der Waals surface area contributed by atoms with Crippen LogP contribution in [0.5, 0.6) is 17.2 Å². The molecule has 0 aliphatic heterocycles. The van der Waals surface area contributed by atoms with E-state index in [4.69, 9.17) is 4.74 Å². The normalized spacial score (nSPS) is 10.3. The Morgan fingerprint density at radius 3 is 2.14 bits per heavy atom. The molecule has 0 saturated heterocycles. The first kappa shape index (κ1) is 15.6. The molecule has 0 heterocycles. The van der Waals surface area contributed by atoms with Gasteiger partial charge in [-0.15, -0.1) is 0 Å². The van der Waals surface area contributed by atoms with Crippen molar-refractivity contribution in [1.29, 1.82) is 0 Å². The molecule has 0 bridgehead atoms. The first-order chi connectivity index (χ1) is 10.4. The SMILES string of the molecule is CC(=O)c1c(O)cc(OCc2ccccc2)c(C(C)=O)c1O. The summed E-state index contributed by atoms with van der Waals surface area (Å²) < 4.78 is 5.53. The highest BCUT2D eigenvalue weighted by Gasteiger charge is 2.23. The summed E-state index contributed by atoms with van der Waals surface area (Å²) in [5.41, 5.74) is 0.475. The lowest BCUT2D eigenvalue weighted by atomic mass is 10.0. The van der Waals surface area contributed by atoms with E-state index in [2.05, 4.69) is 0 Å². The molecule has 0 amide bonds. The topological polar surface area (TPSA) is 83.8 Å². The summed E-state index contributed by atoms with van der Waals surface area (Å²) in [5.74, 6) is -1.92. The number of carbonyl (C=O) groups excluding carboxylic acids is 2. The van der Waals surface area contributed by atoms with Crippen molar-refractivity contribution in [2.24, 2.45) is 0 Å². The third-order valence-corrected chi connectivity index (χ3v) is 3.19. The van der Waals surface area contributed by atoms with E-state index in [0.29, 0.717) is 0 Å². The molecule has 22 heavy (non-hydrogen) atoms. The Morgan fingerprint density at radius 1 is 1.00 bits per heavy atom. The van der Waals surface area contributed by atoms with Gasteiger partial charge in [0.1, 0.15) is 35.0 Å². The third kappa shape index (κ3) is 3.09. The molecule has 0 radical (unpaired) electrons. The molecule has 0 aliphatic rings. The fourth-order valence-corrected chi connectivity index (χ4v) is 2.17. The van der Waals surface area contributed by atoms with Gasteiger partial charge in [0.25, 0.3) is 0 Å². The molecule has 0 aromatic heterocycles. The van der Waals surface area contributed by atoms with Crippen molar-refractivity contribution >= 4 is 11.6 Å². The van der Waals surface area contributed by atoms with Crippen LogP contribution in [-0.2, 0) is 6.61 Å². The van der Waals surface area contributed by atoms with Crippen LogP contribution >= 0.6 is 0 Å². The average molecular weight is 300 g/mol. The van der Waals surface area contributed by atoms with E-state index < -0.39 is 23.1 Å². The lowest BCUT2D eigenvalue weighted by Gasteiger charge is -2.14. The van der Waals surface area contributed by atoms with Gasteiger partial charge in [-0.1, -0.05) is 30.3 Å². The zero-order valence-electron chi connectivity index (χ0n) is 12.3. The molecule has 5 heteroatoms. The van der Waals surface area contributed by atoms with Crippen molar-refractivity contribution in [3.63, 3.8) is 0 Å². The second-order valence-electron chi connectivity index (χ2n) is 4.88. The van der Waals surface area contributed by atoms with Gasteiger partial charge in [0, 0.05) is 6.07 Å². The van der Waals surface area contributed by atoms with Crippen LogP contribution in [-0.4, -0.2) is 21.8 Å². The van der Waals surface area contributed by atoms with Crippen LogP contribution in [0, 0.1) is 0 Å². The van der Waals surface area contributed by atoms with Crippen LogP contribution in [0.3, 0.4) is 0 Å². The van der Waals surface area contributed by atoms with Crippen molar-refractivity contribution in [3.05, 3.63) is 53.1 Å². The quantitative estimate of drug-likeness (QED) is 0.829. The summed E-state index contributed by atoms with van der Waals surface area (Å²) in [5, 5.41) is 20.0. The molecular formula is C17H16O5. The first-order valence-corrected chi connectivity index (χ1v) is 6.69. The van der Waals surface area contributed by atoms with Crippen molar-refractivity contribution in [3.8, 4) is 17.2 Å². The molecule has 114 valence electrons. The van der Waals surface area contributed by atoms with Crippen molar-refractivity contribution < 1.29 is 24.5 Å². The molecule has 0 aliphatic carbocycles. The predicted molar refractivity (Wildman–Crippen MR) is 80.6 cm³/mol. The monoisotopic (exact) mass is 300 g/mol. The fraction of sp³-hybridized carbons (Fsp3) is 0.176. The smallest absolute Gasteiger partial charge is 0.167 e. The molecular weight excluding hydrogens is 284 g/mol. The number of phenols is 2. The number of ether oxygens (including phenoxy) is 1. The second kappa shape index (κ2) is 6.30. The lowest BCUT2D eigenvalue weighted by molar-refractivity contribution is 0.100. The molecule has 2 N–H and O–H groups in total. The molecule has 0 saturated carbocycles. The van der Waals surface area contributed by atoms with Crippen LogP contribution in [0.1, 0.15) is 40.1 Å². The molecule has 0 fully saturated rings. The van der Waals surface area contributed by atoms with Gasteiger partial charge in [-0.05, 0) is 19.4 Å². The van der Waals surface area contributed by atoms with Gasteiger partial charge in [0.15, 0.2) is 11.6 Å². The molecule has 0 unspecified atom stereocenters. The van der Waals surface area contributed by atoms with Crippen molar-refractivity contribution in [2.75, 3.05) is 0 Å². The number of rotatable bonds is 5.